The van der Waals surface area contributed by atoms with Crippen LogP contribution in [0.1, 0.15) is 17.9 Å². The van der Waals surface area contributed by atoms with Crippen molar-refractivity contribution in [3.8, 4) is 22.3 Å². The summed E-state index contributed by atoms with van der Waals surface area (Å²) in [5.74, 6) is 0.399. The van der Waals surface area contributed by atoms with Crippen LogP contribution in [0.25, 0.3) is 33.0 Å². The van der Waals surface area contributed by atoms with Gasteiger partial charge in [-0.2, -0.15) is 0 Å². The molecule has 41 heavy (non-hydrogen) atoms. The van der Waals surface area contributed by atoms with Crippen LogP contribution in [0, 0.1) is 0 Å². The summed E-state index contributed by atoms with van der Waals surface area (Å²) in [7, 11) is 0. The van der Waals surface area contributed by atoms with Gasteiger partial charge in [-0.3, -0.25) is 0 Å². The molecule has 0 bridgehead atoms. The number of fused-ring (bicyclic) bond motifs is 1. The summed E-state index contributed by atoms with van der Waals surface area (Å²) in [6, 6.07) is 54.4. The van der Waals surface area contributed by atoms with Crippen molar-refractivity contribution in [2.75, 3.05) is 4.90 Å². The number of nitrogens with zero attached hydrogens (tertiary/aromatic N) is 1. The molecule has 1 heteroatoms. The van der Waals surface area contributed by atoms with Crippen LogP contribution in [0.4, 0.5) is 11.4 Å². The molecule has 0 N–H and O–H groups in total. The lowest BCUT2D eigenvalue weighted by molar-refractivity contribution is 0.840. The summed E-state index contributed by atoms with van der Waals surface area (Å²) in [5, 5.41) is 2.49. The highest BCUT2D eigenvalue weighted by atomic mass is 15.1. The SMILES string of the molecule is C1=CC(c2ccccc2)CC=C1N(c1ccc(-c2ccc(-c3ccccc3)cc2)cc1)c1cccc2ccccc12. The van der Waals surface area contributed by atoms with E-state index in [4.69, 9.17) is 0 Å². The Hall–Kier alpha value is -5.14. The second-order valence-corrected chi connectivity index (χ2v) is 10.6. The Balaban J connectivity index is 1.23. The fraction of sp³-hybridized carbons (Fsp3) is 0.0500. The molecule has 1 atom stereocenters. The van der Waals surface area contributed by atoms with Crippen molar-refractivity contribution in [1.29, 1.82) is 0 Å². The third kappa shape index (κ3) is 5.11. The minimum atomic E-state index is 0.399. The Morgan fingerprint density at radius 3 is 1.71 bits per heavy atom. The second kappa shape index (κ2) is 11.2. The summed E-state index contributed by atoms with van der Waals surface area (Å²) < 4.78 is 0. The first-order valence-corrected chi connectivity index (χ1v) is 14.3. The van der Waals surface area contributed by atoms with Crippen molar-refractivity contribution >= 4 is 22.1 Å². The Bertz CT molecular complexity index is 1820. The first-order valence-electron chi connectivity index (χ1n) is 14.3. The van der Waals surface area contributed by atoms with Gasteiger partial charge in [0.2, 0.25) is 0 Å². The van der Waals surface area contributed by atoms with Crippen molar-refractivity contribution in [1.82, 2.24) is 0 Å². The van der Waals surface area contributed by atoms with Gasteiger partial charge in [-0.05, 0) is 63.9 Å². The Morgan fingerprint density at radius 2 is 1.05 bits per heavy atom. The van der Waals surface area contributed by atoms with E-state index in [2.05, 4.69) is 175 Å². The Labute approximate surface area is 242 Å². The molecule has 0 spiro atoms. The third-order valence-corrected chi connectivity index (χ3v) is 8.02. The van der Waals surface area contributed by atoms with Crippen molar-refractivity contribution in [2.24, 2.45) is 0 Å². The van der Waals surface area contributed by atoms with Crippen molar-refractivity contribution in [3.05, 3.63) is 181 Å². The molecule has 1 aliphatic rings. The van der Waals surface area contributed by atoms with Crippen LogP contribution in [0.5, 0.6) is 0 Å². The highest BCUT2D eigenvalue weighted by Gasteiger charge is 2.19. The molecule has 0 aromatic heterocycles. The van der Waals surface area contributed by atoms with Crippen LogP contribution in [-0.2, 0) is 0 Å². The maximum Gasteiger partial charge on any atom is 0.0539 e. The molecule has 0 saturated carbocycles. The number of benzene rings is 6. The molecule has 0 radical (unpaired) electrons. The molecule has 7 rings (SSSR count). The van der Waals surface area contributed by atoms with Crippen molar-refractivity contribution < 1.29 is 0 Å². The molecular weight excluding hydrogens is 494 g/mol. The van der Waals surface area contributed by atoms with Crippen LogP contribution in [0.3, 0.4) is 0 Å². The summed E-state index contributed by atoms with van der Waals surface area (Å²) in [6.07, 6.45) is 8.00. The minimum absolute atomic E-state index is 0.399. The topological polar surface area (TPSA) is 3.24 Å². The summed E-state index contributed by atoms with van der Waals surface area (Å²) in [6.45, 7) is 0. The first kappa shape index (κ1) is 24.9. The van der Waals surface area contributed by atoms with E-state index in [-0.39, 0.29) is 0 Å². The smallest absolute Gasteiger partial charge is 0.0539 e. The van der Waals surface area contributed by atoms with Gasteiger partial charge in [-0.1, -0.05) is 146 Å². The van der Waals surface area contributed by atoms with Gasteiger partial charge >= 0.3 is 0 Å². The quantitative estimate of drug-likeness (QED) is 0.209. The van der Waals surface area contributed by atoms with Gasteiger partial charge in [0.15, 0.2) is 0 Å². The molecular formula is C40H31N. The largest absolute Gasteiger partial charge is 0.310 e. The van der Waals surface area contributed by atoms with E-state index in [9.17, 15) is 0 Å². The lowest BCUT2D eigenvalue weighted by atomic mass is 9.91. The third-order valence-electron chi connectivity index (χ3n) is 8.02. The zero-order valence-electron chi connectivity index (χ0n) is 22.9. The number of hydrogen-bond donors (Lipinski definition) is 0. The van der Waals surface area contributed by atoms with Crippen molar-refractivity contribution in [3.63, 3.8) is 0 Å². The maximum atomic E-state index is 2.41. The summed E-state index contributed by atoms with van der Waals surface area (Å²) >= 11 is 0. The molecule has 1 unspecified atom stereocenters. The van der Waals surface area contributed by atoms with E-state index in [0.29, 0.717) is 5.92 Å². The number of anilines is 2. The van der Waals surface area contributed by atoms with E-state index in [1.807, 2.05) is 0 Å². The van der Waals surface area contributed by atoms with Gasteiger partial charge in [0, 0.05) is 22.7 Å². The van der Waals surface area contributed by atoms with Crippen LogP contribution in [0.15, 0.2) is 176 Å². The molecule has 1 aliphatic carbocycles. The van der Waals surface area contributed by atoms with E-state index >= 15 is 0 Å². The van der Waals surface area contributed by atoms with Crippen LogP contribution in [0.2, 0.25) is 0 Å². The first-order chi connectivity index (χ1) is 20.3. The van der Waals surface area contributed by atoms with Gasteiger partial charge in [-0.25, -0.2) is 0 Å². The van der Waals surface area contributed by atoms with Crippen LogP contribution < -0.4 is 4.90 Å². The van der Waals surface area contributed by atoms with E-state index in [0.717, 1.165) is 12.1 Å². The number of allylic oxidation sites excluding steroid dienone is 3. The lowest BCUT2D eigenvalue weighted by Crippen LogP contribution is -2.17. The second-order valence-electron chi connectivity index (χ2n) is 10.6. The highest BCUT2D eigenvalue weighted by molar-refractivity contribution is 5.97. The van der Waals surface area contributed by atoms with Gasteiger partial charge in [0.05, 0.1) is 5.69 Å². The molecule has 0 saturated heterocycles. The maximum absolute atomic E-state index is 2.41. The monoisotopic (exact) mass is 525 g/mol. The van der Waals surface area contributed by atoms with Crippen molar-refractivity contribution in [2.45, 2.75) is 12.3 Å². The molecule has 6 aromatic carbocycles. The average molecular weight is 526 g/mol. The normalized spacial score (nSPS) is 14.5. The zero-order valence-corrected chi connectivity index (χ0v) is 22.9. The fourth-order valence-electron chi connectivity index (χ4n) is 5.84. The van der Waals surface area contributed by atoms with E-state index in [1.54, 1.807) is 0 Å². The molecule has 0 aliphatic heterocycles. The molecule has 196 valence electrons. The lowest BCUT2D eigenvalue weighted by Gasteiger charge is -2.30. The van der Waals surface area contributed by atoms with E-state index in [1.165, 1.54) is 50.0 Å². The Morgan fingerprint density at radius 1 is 0.488 bits per heavy atom. The molecule has 6 aromatic rings. The number of hydrogen-bond acceptors (Lipinski definition) is 1. The summed E-state index contributed by atoms with van der Waals surface area (Å²) in [4.78, 5) is 2.41. The minimum Gasteiger partial charge on any atom is -0.310 e. The molecule has 0 amide bonds. The van der Waals surface area contributed by atoms with E-state index < -0.39 is 0 Å². The fourth-order valence-corrected chi connectivity index (χ4v) is 5.84. The van der Waals surface area contributed by atoms with Gasteiger partial charge in [0.25, 0.3) is 0 Å². The van der Waals surface area contributed by atoms with Gasteiger partial charge in [0.1, 0.15) is 0 Å². The summed E-state index contributed by atoms with van der Waals surface area (Å²) in [5.41, 5.74) is 9.81. The molecule has 1 nitrogen and oxygen atoms in total. The predicted molar refractivity (Wildman–Crippen MR) is 174 cm³/mol. The standard InChI is InChI=1S/C40H31N/c1-3-10-30(11-4-1)32-18-20-33(21-19-32)35-24-28-38(29-25-35)41(40-17-9-15-36-14-7-8-16-39(36)40)37-26-22-34(23-27-37)31-12-5-2-6-13-31/h1-22,24-29,34H,23H2. The average Bonchev–Trinajstić information content (AvgIpc) is 3.07. The molecule has 0 heterocycles. The molecule has 0 fully saturated rings. The number of rotatable bonds is 6. The van der Waals surface area contributed by atoms with Gasteiger partial charge in [-0.15, -0.1) is 0 Å². The zero-order chi connectivity index (χ0) is 27.4. The predicted octanol–water partition coefficient (Wildman–Crippen LogP) is 10.9. The van der Waals surface area contributed by atoms with Crippen LogP contribution >= 0.6 is 0 Å². The highest BCUT2D eigenvalue weighted by Crippen LogP contribution is 2.39. The van der Waals surface area contributed by atoms with Crippen LogP contribution in [-0.4, -0.2) is 0 Å². The Kier molecular flexibility index (Phi) is 6.77. The van der Waals surface area contributed by atoms with Gasteiger partial charge < -0.3 is 4.90 Å².